The van der Waals surface area contributed by atoms with Gasteiger partial charge in [0.05, 0.1) is 25.4 Å². The number of carbonyl (C=O) groups is 1. The van der Waals surface area contributed by atoms with Crippen LogP contribution in [0.15, 0.2) is 72.8 Å². The lowest BCUT2D eigenvalue weighted by Gasteiger charge is -2.38. The SMILES string of the molecule is COC[C@@H]1CCCN1C[C@H]1C[C@@H](c2ccc(CO)cc2)O[C@@H](c2ccc(-c3cccc(CNC(C)=O)c3)cc2)O1. The van der Waals surface area contributed by atoms with E-state index in [0.29, 0.717) is 12.6 Å². The lowest BCUT2D eigenvalue weighted by molar-refractivity contribution is -0.253. The van der Waals surface area contributed by atoms with Crippen molar-refractivity contribution < 1.29 is 24.1 Å². The Kier molecular flexibility index (Phi) is 9.62. The van der Waals surface area contributed by atoms with Crippen LogP contribution in [-0.2, 0) is 32.2 Å². The number of aliphatic hydroxyl groups is 1. The number of carbonyl (C=O) groups excluding carboxylic acids is 1. The first kappa shape index (κ1) is 28.5. The van der Waals surface area contributed by atoms with Crippen molar-refractivity contribution in [3.8, 4) is 11.1 Å². The van der Waals surface area contributed by atoms with Crippen molar-refractivity contribution in [2.45, 2.75) is 63.9 Å². The quantitative estimate of drug-likeness (QED) is 0.368. The van der Waals surface area contributed by atoms with Crippen molar-refractivity contribution in [1.82, 2.24) is 10.2 Å². The summed E-state index contributed by atoms with van der Waals surface area (Å²) >= 11 is 0. The maximum atomic E-state index is 11.3. The van der Waals surface area contributed by atoms with Crippen LogP contribution >= 0.6 is 0 Å². The summed E-state index contributed by atoms with van der Waals surface area (Å²) in [5.74, 6) is -0.0397. The molecule has 0 radical (unpaired) electrons. The van der Waals surface area contributed by atoms with Crippen LogP contribution in [-0.4, -0.2) is 54.9 Å². The van der Waals surface area contributed by atoms with E-state index in [1.54, 1.807) is 7.11 Å². The number of amides is 1. The van der Waals surface area contributed by atoms with Gasteiger partial charge >= 0.3 is 0 Å². The van der Waals surface area contributed by atoms with Gasteiger partial charge in [0.15, 0.2) is 6.29 Å². The molecule has 0 unspecified atom stereocenters. The van der Waals surface area contributed by atoms with Crippen molar-refractivity contribution in [3.63, 3.8) is 0 Å². The molecule has 1 amide bonds. The van der Waals surface area contributed by atoms with Gasteiger partial charge < -0.3 is 24.6 Å². The number of benzene rings is 3. The predicted molar refractivity (Wildman–Crippen MR) is 154 cm³/mol. The molecular weight excluding hydrogens is 504 g/mol. The van der Waals surface area contributed by atoms with E-state index in [2.05, 4.69) is 58.7 Å². The highest BCUT2D eigenvalue weighted by molar-refractivity contribution is 5.73. The molecule has 3 aromatic carbocycles. The third-order valence-electron chi connectivity index (χ3n) is 7.90. The fraction of sp³-hybridized carbons (Fsp3) is 0.424. The molecule has 3 aromatic rings. The molecule has 2 N–H and O–H groups in total. The Morgan fingerprint density at radius 3 is 2.50 bits per heavy atom. The summed E-state index contributed by atoms with van der Waals surface area (Å²) in [5.41, 5.74) is 6.21. The van der Waals surface area contributed by atoms with E-state index in [4.69, 9.17) is 14.2 Å². The zero-order chi connectivity index (χ0) is 27.9. The number of rotatable bonds is 10. The zero-order valence-corrected chi connectivity index (χ0v) is 23.4. The first-order valence-electron chi connectivity index (χ1n) is 14.2. The van der Waals surface area contributed by atoms with Crippen LogP contribution in [0.4, 0.5) is 0 Å². The minimum absolute atomic E-state index is 0.0175. The van der Waals surface area contributed by atoms with Crippen LogP contribution in [0.25, 0.3) is 11.1 Å². The normalized spacial score (nSPS) is 23.3. The largest absolute Gasteiger partial charge is 0.392 e. The number of nitrogens with zero attached hydrogens (tertiary/aromatic N) is 1. The molecule has 7 heteroatoms. The van der Waals surface area contributed by atoms with Gasteiger partial charge in [-0.25, -0.2) is 0 Å². The van der Waals surface area contributed by atoms with Gasteiger partial charge in [-0.1, -0.05) is 66.7 Å². The number of likely N-dealkylation sites (tertiary alicyclic amines) is 1. The number of nitrogens with one attached hydrogen (secondary N) is 1. The fourth-order valence-corrected chi connectivity index (χ4v) is 5.73. The average Bonchev–Trinajstić information content (AvgIpc) is 3.42. The van der Waals surface area contributed by atoms with E-state index >= 15 is 0 Å². The first-order valence-corrected chi connectivity index (χ1v) is 14.2. The Hall–Kier alpha value is -3.07. The smallest absolute Gasteiger partial charge is 0.217 e. The topological polar surface area (TPSA) is 80.3 Å². The number of ether oxygens (including phenoxy) is 3. The van der Waals surface area contributed by atoms with Gasteiger partial charge in [0.25, 0.3) is 0 Å². The predicted octanol–water partition coefficient (Wildman–Crippen LogP) is 5.14. The van der Waals surface area contributed by atoms with Gasteiger partial charge in [-0.05, 0) is 53.3 Å². The maximum Gasteiger partial charge on any atom is 0.217 e. The van der Waals surface area contributed by atoms with E-state index in [1.807, 2.05) is 24.3 Å². The van der Waals surface area contributed by atoms with Crippen molar-refractivity contribution >= 4 is 5.91 Å². The van der Waals surface area contributed by atoms with E-state index in [-0.39, 0.29) is 24.7 Å². The molecule has 2 saturated heterocycles. The molecule has 40 heavy (non-hydrogen) atoms. The second-order valence-corrected chi connectivity index (χ2v) is 10.8. The minimum atomic E-state index is -0.482. The molecule has 0 bridgehead atoms. The van der Waals surface area contributed by atoms with Crippen LogP contribution < -0.4 is 5.32 Å². The number of methoxy groups -OCH3 is 1. The number of aliphatic hydroxyl groups excluding tert-OH is 1. The Morgan fingerprint density at radius 2 is 1.77 bits per heavy atom. The number of hydrogen-bond acceptors (Lipinski definition) is 6. The van der Waals surface area contributed by atoms with Crippen LogP contribution in [0.3, 0.4) is 0 Å². The summed E-state index contributed by atoms with van der Waals surface area (Å²) in [6.07, 6.45) is 2.53. The van der Waals surface area contributed by atoms with Gasteiger partial charge in [-0.15, -0.1) is 0 Å². The van der Waals surface area contributed by atoms with Gasteiger partial charge in [-0.3, -0.25) is 9.69 Å². The zero-order valence-electron chi connectivity index (χ0n) is 23.4. The van der Waals surface area contributed by atoms with Gasteiger partial charge in [-0.2, -0.15) is 0 Å². The van der Waals surface area contributed by atoms with Crippen molar-refractivity contribution in [1.29, 1.82) is 0 Å². The summed E-state index contributed by atoms with van der Waals surface area (Å²) in [6, 6.07) is 25.0. The lowest BCUT2D eigenvalue weighted by Crippen LogP contribution is -2.42. The fourth-order valence-electron chi connectivity index (χ4n) is 5.73. The Morgan fingerprint density at radius 1 is 1.00 bits per heavy atom. The summed E-state index contributed by atoms with van der Waals surface area (Å²) in [7, 11) is 1.77. The summed E-state index contributed by atoms with van der Waals surface area (Å²) in [5, 5.41) is 12.3. The molecule has 5 rings (SSSR count). The van der Waals surface area contributed by atoms with Crippen molar-refractivity contribution in [2.75, 3.05) is 26.8 Å². The molecule has 0 aliphatic carbocycles. The molecule has 2 heterocycles. The van der Waals surface area contributed by atoms with Crippen LogP contribution in [0.5, 0.6) is 0 Å². The summed E-state index contributed by atoms with van der Waals surface area (Å²) in [4.78, 5) is 13.8. The van der Waals surface area contributed by atoms with E-state index in [1.165, 1.54) is 13.3 Å². The first-order chi connectivity index (χ1) is 19.5. The second-order valence-electron chi connectivity index (χ2n) is 10.8. The van der Waals surface area contributed by atoms with Crippen molar-refractivity contribution in [2.24, 2.45) is 0 Å². The molecule has 0 saturated carbocycles. The van der Waals surface area contributed by atoms with Gasteiger partial charge in [0.1, 0.15) is 0 Å². The molecular formula is C33H40N2O5. The third-order valence-corrected chi connectivity index (χ3v) is 7.90. The van der Waals surface area contributed by atoms with Crippen LogP contribution in [0, 0.1) is 0 Å². The standard InChI is InChI=1S/C33H40N2O5/c1-23(37)34-19-25-5-3-6-29(17-25)26-12-14-28(15-13-26)33-39-31(20-35-16-4-7-30(35)22-38-2)18-32(40-33)27-10-8-24(21-36)9-11-27/h3,5-6,8-15,17,30-33,36H,4,7,16,18-22H2,1-2H3,(H,34,37)/t30-,31+,32-,33-/m0/s1. The molecule has 4 atom stereocenters. The molecule has 2 aliphatic heterocycles. The molecule has 0 aromatic heterocycles. The summed E-state index contributed by atoms with van der Waals surface area (Å²) in [6.45, 7) is 4.71. The highest BCUT2D eigenvalue weighted by Crippen LogP contribution is 2.39. The second kappa shape index (κ2) is 13.5. The maximum absolute atomic E-state index is 11.3. The van der Waals surface area contributed by atoms with Gasteiger partial charge in [0, 0.05) is 45.1 Å². The van der Waals surface area contributed by atoms with E-state index < -0.39 is 6.29 Å². The highest BCUT2D eigenvalue weighted by atomic mass is 16.7. The number of hydrogen-bond donors (Lipinski definition) is 2. The summed E-state index contributed by atoms with van der Waals surface area (Å²) < 4.78 is 18.6. The highest BCUT2D eigenvalue weighted by Gasteiger charge is 2.35. The Bertz CT molecular complexity index is 1250. The van der Waals surface area contributed by atoms with Crippen LogP contribution in [0.2, 0.25) is 0 Å². The van der Waals surface area contributed by atoms with Gasteiger partial charge in [0.2, 0.25) is 5.91 Å². The molecule has 2 aliphatic rings. The molecule has 212 valence electrons. The lowest BCUT2D eigenvalue weighted by atomic mass is 9.98. The Labute approximate surface area is 237 Å². The Balaban J connectivity index is 1.34. The minimum Gasteiger partial charge on any atom is -0.392 e. The average molecular weight is 545 g/mol. The van der Waals surface area contributed by atoms with E-state index in [9.17, 15) is 9.90 Å². The van der Waals surface area contributed by atoms with Crippen LogP contribution in [0.1, 0.15) is 60.8 Å². The molecule has 0 spiro atoms. The van der Waals surface area contributed by atoms with Crippen molar-refractivity contribution in [3.05, 3.63) is 95.1 Å². The monoisotopic (exact) mass is 544 g/mol. The third kappa shape index (κ3) is 7.16. The molecule has 7 nitrogen and oxygen atoms in total. The molecule has 2 fully saturated rings. The van der Waals surface area contributed by atoms with E-state index in [0.717, 1.165) is 65.9 Å².